The Bertz CT molecular complexity index is 458. The van der Waals surface area contributed by atoms with Crippen molar-refractivity contribution in [2.75, 3.05) is 6.54 Å². The van der Waals surface area contributed by atoms with Crippen molar-refractivity contribution in [2.45, 2.75) is 52.5 Å². The fourth-order valence-electron chi connectivity index (χ4n) is 3.28. The highest BCUT2D eigenvalue weighted by Gasteiger charge is 2.51. The third-order valence-electron chi connectivity index (χ3n) is 4.40. The maximum atomic E-state index is 12.6. The van der Waals surface area contributed by atoms with Crippen LogP contribution in [0.4, 0.5) is 0 Å². The molecule has 0 aromatic rings. The number of rotatable bonds is 6. The van der Waals surface area contributed by atoms with Crippen LogP contribution in [0, 0.1) is 17.8 Å². The molecule has 2 aliphatic rings. The van der Waals surface area contributed by atoms with Crippen molar-refractivity contribution < 1.29 is 14.4 Å². The highest BCUT2D eigenvalue weighted by atomic mass is 16.2. The molecule has 1 aliphatic heterocycles. The number of hydrogen-bond acceptors (Lipinski definition) is 3. The summed E-state index contributed by atoms with van der Waals surface area (Å²) in [5, 5.41) is 2.84. The largest absolute Gasteiger partial charge is 0.354 e. The highest BCUT2D eigenvalue weighted by Crippen LogP contribution is 2.37. The van der Waals surface area contributed by atoms with Gasteiger partial charge in [-0.15, -0.1) is 0 Å². The predicted octanol–water partition coefficient (Wildman–Crippen LogP) is 1.88. The first-order valence-electron chi connectivity index (χ1n) is 8.27. The molecule has 3 unspecified atom stereocenters. The number of hydrogen-bond donors (Lipinski definition) is 1. The third-order valence-corrected chi connectivity index (χ3v) is 4.40. The number of nitrogens with one attached hydrogen (secondary N) is 1. The van der Waals surface area contributed by atoms with Crippen LogP contribution in [0.25, 0.3) is 0 Å². The van der Waals surface area contributed by atoms with Crippen molar-refractivity contribution in [2.24, 2.45) is 17.8 Å². The molecule has 5 heteroatoms. The Labute approximate surface area is 132 Å². The van der Waals surface area contributed by atoms with Gasteiger partial charge in [0.1, 0.15) is 6.04 Å². The first-order valence-corrected chi connectivity index (χ1v) is 8.27. The van der Waals surface area contributed by atoms with Crippen molar-refractivity contribution in [3.8, 4) is 0 Å². The number of imide groups is 1. The van der Waals surface area contributed by atoms with E-state index in [0.29, 0.717) is 25.8 Å². The van der Waals surface area contributed by atoms with Crippen LogP contribution in [0.1, 0.15) is 46.5 Å². The number of amides is 3. The van der Waals surface area contributed by atoms with Gasteiger partial charge < -0.3 is 5.32 Å². The molecule has 0 bridgehead atoms. The zero-order valence-electron chi connectivity index (χ0n) is 13.7. The van der Waals surface area contributed by atoms with Crippen molar-refractivity contribution in [1.82, 2.24) is 10.2 Å². The van der Waals surface area contributed by atoms with Gasteiger partial charge in [0.25, 0.3) is 0 Å². The molecule has 22 heavy (non-hydrogen) atoms. The minimum Gasteiger partial charge on any atom is -0.354 e. The summed E-state index contributed by atoms with van der Waals surface area (Å²) in [5.74, 6) is -0.854. The van der Waals surface area contributed by atoms with Crippen LogP contribution in [0.3, 0.4) is 0 Å². The summed E-state index contributed by atoms with van der Waals surface area (Å²) >= 11 is 0. The second-order valence-corrected chi connectivity index (χ2v) is 6.64. The van der Waals surface area contributed by atoms with E-state index in [1.807, 2.05) is 32.9 Å². The fourth-order valence-corrected chi connectivity index (χ4v) is 3.28. The standard InChI is InChI=1S/C17H26N2O3/c1-4-9-18-15(20)14(10-11(2)3)19-16(21)12-7-5-6-8-13(12)17(19)22/h5-6,11-14H,4,7-10H2,1-3H3,(H,18,20). The molecule has 1 fully saturated rings. The van der Waals surface area contributed by atoms with E-state index in [-0.39, 0.29) is 35.5 Å². The minimum atomic E-state index is -0.669. The molecule has 2 rings (SSSR count). The summed E-state index contributed by atoms with van der Waals surface area (Å²) in [4.78, 5) is 39.0. The molecule has 3 atom stereocenters. The van der Waals surface area contributed by atoms with Crippen LogP contribution >= 0.6 is 0 Å². The molecule has 122 valence electrons. The van der Waals surface area contributed by atoms with Crippen LogP contribution < -0.4 is 5.32 Å². The van der Waals surface area contributed by atoms with Gasteiger partial charge in [-0.1, -0.05) is 32.9 Å². The van der Waals surface area contributed by atoms with Gasteiger partial charge in [-0.2, -0.15) is 0 Å². The third kappa shape index (κ3) is 3.23. The van der Waals surface area contributed by atoms with E-state index >= 15 is 0 Å². The second kappa shape index (κ2) is 7.07. The maximum Gasteiger partial charge on any atom is 0.243 e. The molecule has 0 radical (unpaired) electrons. The summed E-state index contributed by atoms with van der Waals surface area (Å²) < 4.78 is 0. The summed E-state index contributed by atoms with van der Waals surface area (Å²) in [6.45, 7) is 6.54. The van der Waals surface area contributed by atoms with E-state index in [2.05, 4.69) is 5.32 Å². The zero-order chi connectivity index (χ0) is 16.3. The van der Waals surface area contributed by atoms with Gasteiger partial charge in [0.15, 0.2) is 0 Å². The van der Waals surface area contributed by atoms with Gasteiger partial charge in [-0.25, -0.2) is 0 Å². The number of fused-ring (bicyclic) bond motifs is 1. The number of allylic oxidation sites excluding steroid dienone is 2. The number of carbonyl (C=O) groups is 3. The van der Waals surface area contributed by atoms with E-state index in [4.69, 9.17) is 0 Å². The molecule has 1 saturated heterocycles. The SMILES string of the molecule is CCCNC(=O)C(CC(C)C)N1C(=O)C2CC=CCC2C1=O. The number of nitrogens with zero attached hydrogens (tertiary/aromatic N) is 1. The van der Waals surface area contributed by atoms with Gasteiger partial charge >= 0.3 is 0 Å². The first kappa shape index (κ1) is 16.7. The lowest BCUT2D eigenvalue weighted by molar-refractivity contribution is -0.148. The van der Waals surface area contributed by atoms with Crippen LogP contribution in [-0.2, 0) is 14.4 Å². The van der Waals surface area contributed by atoms with Gasteiger partial charge in [0, 0.05) is 6.54 Å². The highest BCUT2D eigenvalue weighted by molar-refractivity contribution is 6.08. The van der Waals surface area contributed by atoms with Crippen LogP contribution in [0.2, 0.25) is 0 Å². The van der Waals surface area contributed by atoms with Gasteiger partial charge in [-0.05, 0) is 31.6 Å². The second-order valence-electron chi connectivity index (χ2n) is 6.64. The van der Waals surface area contributed by atoms with E-state index in [9.17, 15) is 14.4 Å². The Morgan fingerprint density at radius 1 is 1.23 bits per heavy atom. The molecule has 1 N–H and O–H groups in total. The normalized spacial score (nSPS) is 25.5. The van der Waals surface area contributed by atoms with Crippen molar-refractivity contribution in [1.29, 1.82) is 0 Å². The maximum absolute atomic E-state index is 12.6. The summed E-state index contributed by atoms with van der Waals surface area (Å²) in [6, 6.07) is -0.669. The number of likely N-dealkylation sites (tertiary alicyclic amines) is 1. The molecule has 3 amide bonds. The summed E-state index contributed by atoms with van der Waals surface area (Å²) in [6.07, 6.45) is 6.49. The van der Waals surface area contributed by atoms with Crippen molar-refractivity contribution in [3.63, 3.8) is 0 Å². The average molecular weight is 306 g/mol. The average Bonchev–Trinajstić information content (AvgIpc) is 2.74. The minimum absolute atomic E-state index is 0.170. The lowest BCUT2D eigenvalue weighted by atomic mass is 9.85. The molecule has 1 aliphatic carbocycles. The Kier molecular flexibility index (Phi) is 5.37. The molecule has 0 saturated carbocycles. The van der Waals surface area contributed by atoms with Crippen molar-refractivity contribution in [3.05, 3.63) is 12.2 Å². The van der Waals surface area contributed by atoms with Crippen molar-refractivity contribution >= 4 is 17.7 Å². The topological polar surface area (TPSA) is 66.5 Å². The van der Waals surface area contributed by atoms with Crippen LogP contribution in [-0.4, -0.2) is 35.2 Å². The molecule has 0 aromatic heterocycles. The van der Waals surface area contributed by atoms with E-state index in [1.165, 1.54) is 4.90 Å². The van der Waals surface area contributed by atoms with Crippen LogP contribution in [0.15, 0.2) is 12.2 Å². The Morgan fingerprint density at radius 2 is 1.77 bits per heavy atom. The fraction of sp³-hybridized carbons (Fsp3) is 0.706. The smallest absolute Gasteiger partial charge is 0.243 e. The lowest BCUT2D eigenvalue weighted by Gasteiger charge is -2.27. The lowest BCUT2D eigenvalue weighted by Crippen LogP contribution is -2.50. The predicted molar refractivity (Wildman–Crippen MR) is 83.8 cm³/mol. The Hall–Kier alpha value is -1.65. The molecular weight excluding hydrogens is 280 g/mol. The van der Waals surface area contributed by atoms with Crippen LogP contribution in [0.5, 0.6) is 0 Å². The monoisotopic (exact) mass is 306 g/mol. The Morgan fingerprint density at radius 3 is 2.23 bits per heavy atom. The summed E-state index contributed by atoms with van der Waals surface area (Å²) in [7, 11) is 0. The molecule has 5 nitrogen and oxygen atoms in total. The van der Waals surface area contributed by atoms with Gasteiger partial charge in [0.2, 0.25) is 17.7 Å². The van der Waals surface area contributed by atoms with E-state index < -0.39 is 6.04 Å². The number of carbonyl (C=O) groups excluding carboxylic acids is 3. The molecule has 0 spiro atoms. The van der Waals surface area contributed by atoms with E-state index in [1.54, 1.807) is 0 Å². The van der Waals surface area contributed by atoms with Gasteiger partial charge in [0.05, 0.1) is 11.8 Å². The first-order chi connectivity index (χ1) is 10.5. The van der Waals surface area contributed by atoms with E-state index in [0.717, 1.165) is 6.42 Å². The quantitative estimate of drug-likeness (QED) is 0.602. The molecular formula is C17H26N2O3. The zero-order valence-corrected chi connectivity index (χ0v) is 13.7. The Balaban J connectivity index is 2.21. The summed E-state index contributed by atoms with van der Waals surface area (Å²) in [5.41, 5.74) is 0. The molecule has 0 aromatic carbocycles. The molecule has 1 heterocycles. The van der Waals surface area contributed by atoms with Gasteiger partial charge in [-0.3, -0.25) is 19.3 Å².